The highest BCUT2D eigenvalue weighted by molar-refractivity contribution is 6.31. The number of rotatable bonds is 4. The Bertz CT molecular complexity index is 817. The Morgan fingerprint density at radius 3 is 2.75 bits per heavy atom. The predicted molar refractivity (Wildman–Crippen MR) is 106 cm³/mol. The number of nitrogens with zero attached hydrogens (tertiary/aromatic N) is 3. The minimum absolute atomic E-state index is 0.173. The molecular weight excluding hydrogens is 378 g/mol. The first kappa shape index (κ1) is 19.4. The minimum Gasteiger partial charge on any atom is -0.391 e. The molecule has 2 aromatic rings. The van der Waals surface area contributed by atoms with Crippen molar-refractivity contribution in [3.63, 3.8) is 0 Å². The minimum atomic E-state index is -0.442. The summed E-state index contributed by atoms with van der Waals surface area (Å²) in [6, 6.07) is 9.76. The maximum Gasteiger partial charge on any atom is 0.292 e. The van der Waals surface area contributed by atoms with Gasteiger partial charge in [0, 0.05) is 36.6 Å². The molecule has 2 aliphatic heterocycles. The Labute approximate surface area is 170 Å². The van der Waals surface area contributed by atoms with Gasteiger partial charge in [-0.25, -0.2) is 0 Å². The largest absolute Gasteiger partial charge is 0.391 e. The van der Waals surface area contributed by atoms with Crippen molar-refractivity contribution in [2.45, 2.75) is 44.2 Å². The molecule has 2 aliphatic rings. The molecule has 6 nitrogen and oxygen atoms in total. The maximum absolute atomic E-state index is 12.6. The van der Waals surface area contributed by atoms with Crippen LogP contribution in [0.25, 0.3) is 0 Å². The van der Waals surface area contributed by atoms with Crippen molar-refractivity contribution >= 4 is 17.5 Å². The van der Waals surface area contributed by atoms with Gasteiger partial charge >= 0.3 is 0 Å². The number of β-amino-alcohol motifs (C(OH)–C–C–N with tert-alkyl or cyclic N) is 1. The number of piperidine rings is 2. The summed E-state index contributed by atoms with van der Waals surface area (Å²) in [6.07, 6.45) is 3.08. The first-order valence-electron chi connectivity index (χ1n) is 10.00. The van der Waals surface area contributed by atoms with Gasteiger partial charge in [-0.2, -0.15) is 0 Å². The normalized spacial score (nSPS) is 21.8. The predicted octanol–water partition coefficient (Wildman–Crippen LogP) is 3.30. The summed E-state index contributed by atoms with van der Waals surface area (Å²) in [4.78, 5) is 16.6. The molecule has 2 fully saturated rings. The summed E-state index contributed by atoms with van der Waals surface area (Å²) in [7, 11) is 0. The Morgan fingerprint density at radius 1 is 1.21 bits per heavy atom. The third kappa shape index (κ3) is 4.40. The Hall–Kier alpha value is -1.89. The van der Waals surface area contributed by atoms with Crippen LogP contribution >= 0.6 is 11.6 Å². The molecular formula is C21H26ClN3O3. The molecule has 4 rings (SSSR count). The van der Waals surface area contributed by atoms with Crippen molar-refractivity contribution in [2.24, 2.45) is 0 Å². The van der Waals surface area contributed by atoms with Crippen LogP contribution in [0.1, 0.15) is 53.4 Å². The fraction of sp³-hybridized carbons (Fsp3) is 0.524. The molecule has 0 spiro atoms. The highest BCUT2D eigenvalue weighted by atomic mass is 35.5. The molecule has 2 saturated heterocycles. The number of carbonyl (C=O) groups is 1. The Kier molecular flexibility index (Phi) is 5.99. The van der Waals surface area contributed by atoms with Gasteiger partial charge in [0.25, 0.3) is 5.91 Å². The summed E-state index contributed by atoms with van der Waals surface area (Å²) in [5, 5.41) is 14.8. The number of aliphatic hydroxyl groups is 1. The quantitative estimate of drug-likeness (QED) is 0.848. The van der Waals surface area contributed by atoms with E-state index in [-0.39, 0.29) is 11.7 Å². The van der Waals surface area contributed by atoms with Crippen molar-refractivity contribution in [1.82, 2.24) is 15.0 Å². The highest BCUT2D eigenvalue weighted by Crippen LogP contribution is 2.29. The van der Waals surface area contributed by atoms with Gasteiger partial charge in [-0.1, -0.05) is 35.0 Å². The first-order chi connectivity index (χ1) is 13.6. The average Bonchev–Trinajstić information content (AvgIpc) is 3.20. The first-order valence-corrected chi connectivity index (χ1v) is 10.4. The number of likely N-dealkylation sites (tertiary alicyclic amines) is 2. The number of halogens is 1. The van der Waals surface area contributed by atoms with Gasteiger partial charge in [0.1, 0.15) is 0 Å². The summed E-state index contributed by atoms with van der Waals surface area (Å²) in [5.74, 6) is 0.413. The lowest BCUT2D eigenvalue weighted by Crippen LogP contribution is -2.42. The maximum atomic E-state index is 12.6. The SMILES string of the molecule is O=C(c1cc(C2CCN(Cc3ccccc3Cl)CC2)no1)N1CCC[C@H](O)C1. The standard InChI is InChI=1S/C21H26ClN3O3/c22-18-6-2-1-4-16(18)13-24-10-7-15(8-11-24)19-12-20(28-23-19)21(27)25-9-3-5-17(26)14-25/h1-2,4,6,12,15,17,26H,3,5,7-11,13-14H2/t17-/m0/s1. The number of aliphatic hydroxyl groups excluding tert-OH is 1. The van der Waals surface area contributed by atoms with E-state index < -0.39 is 6.10 Å². The van der Waals surface area contributed by atoms with E-state index in [1.54, 1.807) is 11.0 Å². The molecule has 0 bridgehead atoms. The molecule has 1 atom stereocenters. The third-order valence-corrected chi connectivity index (χ3v) is 6.15. The average molecular weight is 404 g/mol. The van der Waals surface area contributed by atoms with E-state index in [0.717, 1.165) is 61.6 Å². The number of hydrogen-bond donors (Lipinski definition) is 1. The molecule has 7 heteroatoms. The Morgan fingerprint density at radius 2 is 2.00 bits per heavy atom. The zero-order valence-electron chi connectivity index (χ0n) is 15.9. The highest BCUT2D eigenvalue weighted by Gasteiger charge is 2.28. The molecule has 0 radical (unpaired) electrons. The monoisotopic (exact) mass is 403 g/mol. The summed E-state index contributed by atoms with van der Waals surface area (Å²) in [6.45, 7) is 3.81. The van der Waals surface area contributed by atoms with E-state index in [2.05, 4.69) is 16.1 Å². The molecule has 3 heterocycles. The van der Waals surface area contributed by atoms with E-state index >= 15 is 0 Å². The topological polar surface area (TPSA) is 69.8 Å². The van der Waals surface area contributed by atoms with Gasteiger partial charge in [-0.05, 0) is 50.4 Å². The fourth-order valence-electron chi connectivity index (χ4n) is 4.13. The van der Waals surface area contributed by atoms with E-state index in [4.69, 9.17) is 16.1 Å². The van der Waals surface area contributed by atoms with Crippen LogP contribution in [0.5, 0.6) is 0 Å². The van der Waals surface area contributed by atoms with Crippen molar-refractivity contribution in [2.75, 3.05) is 26.2 Å². The second kappa shape index (κ2) is 8.64. The van der Waals surface area contributed by atoms with E-state index in [9.17, 15) is 9.90 Å². The van der Waals surface area contributed by atoms with Gasteiger partial charge in [-0.3, -0.25) is 9.69 Å². The van der Waals surface area contributed by atoms with Crippen LogP contribution in [0.4, 0.5) is 0 Å². The number of amides is 1. The molecule has 28 heavy (non-hydrogen) atoms. The molecule has 1 aromatic heterocycles. The van der Waals surface area contributed by atoms with Crippen LogP contribution in [-0.4, -0.2) is 58.3 Å². The van der Waals surface area contributed by atoms with E-state index in [1.165, 1.54) is 0 Å². The number of hydrogen-bond acceptors (Lipinski definition) is 5. The molecule has 0 aliphatic carbocycles. The van der Waals surface area contributed by atoms with Crippen LogP contribution < -0.4 is 0 Å². The second-order valence-corrected chi connectivity index (χ2v) is 8.21. The molecule has 0 unspecified atom stereocenters. The summed E-state index contributed by atoms with van der Waals surface area (Å²) >= 11 is 6.27. The zero-order valence-corrected chi connectivity index (χ0v) is 16.6. The van der Waals surface area contributed by atoms with Crippen LogP contribution in [-0.2, 0) is 6.54 Å². The van der Waals surface area contributed by atoms with Crippen LogP contribution in [0.3, 0.4) is 0 Å². The van der Waals surface area contributed by atoms with E-state index in [0.29, 0.717) is 19.0 Å². The van der Waals surface area contributed by atoms with Crippen LogP contribution in [0.2, 0.25) is 5.02 Å². The fourth-order valence-corrected chi connectivity index (χ4v) is 4.33. The molecule has 1 amide bonds. The van der Waals surface area contributed by atoms with Gasteiger partial charge < -0.3 is 14.5 Å². The van der Waals surface area contributed by atoms with Crippen LogP contribution in [0, 0.1) is 0 Å². The van der Waals surface area contributed by atoms with Crippen molar-refractivity contribution < 1.29 is 14.4 Å². The lowest BCUT2D eigenvalue weighted by Gasteiger charge is -2.31. The second-order valence-electron chi connectivity index (χ2n) is 7.81. The van der Waals surface area contributed by atoms with Gasteiger partial charge in [0.05, 0.1) is 11.8 Å². The lowest BCUT2D eigenvalue weighted by atomic mass is 9.93. The van der Waals surface area contributed by atoms with Crippen molar-refractivity contribution in [3.05, 3.63) is 52.4 Å². The number of benzene rings is 1. The van der Waals surface area contributed by atoms with Gasteiger partial charge in [0.15, 0.2) is 0 Å². The molecule has 150 valence electrons. The number of aromatic nitrogens is 1. The van der Waals surface area contributed by atoms with Gasteiger partial charge in [0.2, 0.25) is 5.76 Å². The summed E-state index contributed by atoms with van der Waals surface area (Å²) in [5.41, 5.74) is 2.01. The van der Waals surface area contributed by atoms with Crippen molar-refractivity contribution in [1.29, 1.82) is 0 Å². The Balaban J connectivity index is 1.33. The molecule has 0 saturated carbocycles. The smallest absolute Gasteiger partial charge is 0.292 e. The summed E-state index contributed by atoms with van der Waals surface area (Å²) < 4.78 is 5.35. The zero-order chi connectivity index (χ0) is 19.5. The third-order valence-electron chi connectivity index (χ3n) is 5.78. The van der Waals surface area contributed by atoms with Gasteiger partial charge in [-0.15, -0.1) is 0 Å². The lowest BCUT2D eigenvalue weighted by molar-refractivity contribution is 0.0441. The van der Waals surface area contributed by atoms with Crippen LogP contribution in [0.15, 0.2) is 34.9 Å². The number of carbonyl (C=O) groups excluding carboxylic acids is 1. The van der Waals surface area contributed by atoms with E-state index in [1.807, 2.05) is 18.2 Å². The van der Waals surface area contributed by atoms with Crippen molar-refractivity contribution in [3.8, 4) is 0 Å². The molecule has 1 aromatic carbocycles. The molecule has 1 N–H and O–H groups in total.